The second-order valence-corrected chi connectivity index (χ2v) is 4.41. The molecule has 0 aromatic carbocycles. The molecule has 2 saturated heterocycles. The zero-order valence-corrected chi connectivity index (χ0v) is 8.43. The monoisotopic (exact) mass is 183 g/mol. The minimum absolute atomic E-state index is 0.606. The lowest BCUT2D eigenvalue weighted by Gasteiger charge is -2.23. The van der Waals surface area contributed by atoms with Gasteiger partial charge in [0.2, 0.25) is 0 Å². The molecule has 2 heterocycles. The minimum atomic E-state index is 0.606. The highest BCUT2D eigenvalue weighted by Crippen LogP contribution is 2.23. The molecule has 2 heteroatoms. The van der Waals surface area contributed by atoms with Crippen molar-refractivity contribution in [2.24, 2.45) is 5.92 Å². The summed E-state index contributed by atoms with van der Waals surface area (Å²) < 4.78 is 5.63. The smallest absolute Gasteiger partial charge is 0.0576 e. The van der Waals surface area contributed by atoms with Crippen LogP contribution in [0.4, 0.5) is 0 Å². The maximum Gasteiger partial charge on any atom is 0.0576 e. The Morgan fingerprint density at radius 2 is 1.92 bits per heavy atom. The summed E-state index contributed by atoms with van der Waals surface area (Å²) in [6, 6.07) is 0. The summed E-state index contributed by atoms with van der Waals surface area (Å²) in [7, 11) is 0. The largest absolute Gasteiger partial charge is 0.378 e. The van der Waals surface area contributed by atoms with Crippen LogP contribution in [0.5, 0.6) is 0 Å². The van der Waals surface area contributed by atoms with Gasteiger partial charge in [0, 0.05) is 6.61 Å². The number of piperidine rings is 1. The molecule has 0 aliphatic carbocycles. The zero-order chi connectivity index (χ0) is 8.93. The third-order valence-corrected chi connectivity index (χ3v) is 3.38. The molecule has 1 N–H and O–H groups in total. The Balaban J connectivity index is 1.60. The van der Waals surface area contributed by atoms with Gasteiger partial charge < -0.3 is 10.1 Å². The third kappa shape index (κ3) is 2.96. The van der Waals surface area contributed by atoms with Crippen LogP contribution in [0.2, 0.25) is 0 Å². The van der Waals surface area contributed by atoms with Crippen LogP contribution in [0.15, 0.2) is 0 Å². The lowest BCUT2D eigenvalue weighted by Crippen LogP contribution is -2.28. The molecule has 2 nitrogen and oxygen atoms in total. The second kappa shape index (κ2) is 4.97. The quantitative estimate of drug-likeness (QED) is 0.722. The second-order valence-electron chi connectivity index (χ2n) is 4.41. The van der Waals surface area contributed by atoms with E-state index in [2.05, 4.69) is 5.32 Å². The molecule has 0 radical (unpaired) electrons. The van der Waals surface area contributed by atoms with E-state index < -0.39 is 0 Å². The average Bonchev–Trinajstić information content (AvgIpc) is 2.69. The average molecular weight is 183 g/mol. The summed E-state index contributed by atoms with van der Waals surface area (Å²) in [4.78, 5) is 0. The molecular formula is C11H21NO. The van der Waals surface area contributed by atoms with Gasteiger partial charge in [0.1, 0.15) is 0 Å². The highest BCUT2D eigenvalue weighted by atomic mass is 16.5. The van der Waals surface area contributed by atoms with Crippen LogP contribution in [0.1, 0.15) is 38.5 Å². The highest BCUT2D eigenvalue weighted by molar-refractivity contribution is 4.72. The summed E-state index contributed by atoms with van der Waals surface area (Å²) in [5, 5.41) is 3.41. The molecule has 0 spiro atoms. The van der Waals surface area contributed by atoms with E-state index >= 15 is 0 Å². The number of rotatable bonds is 3. The first-order valence-electron chi connectivity index (χ1n) is 5.77. The van der Waals surface area contributed by atoms with Gasteiger partial charge in [-0.25, -0.2) is 0 Å². The van der Waals surface area contributed by atoms with Crippen LogP contribution in [0.3, 0.4) is 0 Å². The number of hydrogen-bond donors (Lipinski definition) is 1. The van der Waals surface area contributed by atoms with Crippen LogP contribution >= 0.6 is 0 Å². The van der Waals surface area contributed by atoms with Gasteiger partial charge in [-0.3, -0.25) is 0 Å². The predicted octanol–water partition coefficient (Wildman–Crippen LogP) is 1.95. The van der Waals surface area contributed by atoms with Gasteiger partial charge in [-0.15, -0.1) is 0 Å². The summed E-state index contributed by atoms with van der Waals surface area (Å²) in [6.45, 7) is 3.48. The Kier molecular flexibility index (Phi) is 3.62. The Morgan fingerprint density at radius 1 is 1.08 bits per heavy atom. The van der Waals surface area contributed by atoms with Crippen molar-refractivity contribution in [3.05, 3.63) is 0 Å². The predicted molar refractivity (Wildman–Crippen MR) is 53.8 cm³/mol. The van der Waals surface area contributed by atoms with Crippen molar-refractivity contribution in [1.82, 2.24) is 5.32 Å². The third-order valence-electron chi connectivity index (χ3n) is 3.38. The highest BCUT2D eigenvalue weighted by Gasteiger charge is 2.18. The molecule has 0 aromatic heterocycles. The molecular weight excluding hydrogens is 162 g/mol. The lowest BCUT2D eigenvalue weighted by molar-refractivity contribution is 0.0963. The normalized spacial score (nSPS) is 30.9. The van der Waals surface area contributed by atoms with Gasteiger partial charge in [0.05, 0.1) is 6.10 Å². The topological polar surface area (TPSA) is 21.3 Å². The van der Waals surface area contributed by atoms with Crippen LogP contribution < -0.4 is 5.32 Å². The van der Waals surface area contributed by atoms with Crippen molar-refractivity contribution >= 4 is 0 Å². The molecule has 1 atom stereocenters. The Hall–Kier alpha value is -0.0800. The van der Waals surface area contributed by atoms with Crippen LogP contribution in [-0.4, -0.2) is 25.8 Å². The van der Waals surface area contributed by atoms with Crippen LogP contribution in [0.25, 0.3) is 0 Å². The fourth-order valence-electron chi connectivity index (χ4n) is 2.46. The number of hydrogen-bond acceptors (Lipinski definition) is 2. The molecule has 76 valence electrons. The van der Waals surface area contributed by atoms with Gasteiger partial charge in [-0.05, 0) is 57.5 Å². The van der Waals surface area contributed by atoms with Gasteiger partial charge in [0.25, 0.3) is 0 Å². The van der Waals surface area contributed by atoms with Crippen LogP contribution in [0, 0.1) is 5.92 Å². The molecule has 2 fully saturated rings. The maximum absolute atomic E-state index is 5.63. The van der Waals surface area contributed by atoms with Gasteiger partial charge in [-0.1, -0.05) is 0 Å². The van der Waals surface area contributed by atoms with E-state index in [4.69, 9.17) is 4.74 Å². The summed E-state index contributed by atoms with van der Waals surface area (Å²) in [5.74, 6) is 0.977. The Bertz CT molecular complexity index is 137. The summed E-state index contributed by atoms with van der Waals surface area (Å²) in [6.07, 6.45) is 8.67. The first-order chi connectivity index (χ1) is 6.45. The molecule has 0 bridgehead atoms. The number of nitrogens with one attached hydrogen (secondary N) is 1. The van der Waals surface area contributed by atoms with Crippen molar-refractivity contribution < 1.29 is 4.74 Å². The van der Waals surface area contributed by atoms with Crippen molar-refractivity contribution in [2.75, 3.05) is 19.7 Å². The molecule has 0 aromatic rings. The fraction of sp³-hybridized carbons (Fsp3) is 1.00. The van der Waals surface area contributed by atoms with E-state index in [0.29, 0.717) is 6.10 Å². The van der Waals surface area contributed by atoms with Gasteiger partial charge >= 0.3 is 0 Å². The van der Waals surface area contributed by atoms with E-state index in [1.54, 1.807) is 0 Å². The molecule has 13 heavy (non-hydrogen) atoms. The van der Waals surface area contributed by atoms with Gasteiger partial charge in [0.15, 0.2) is 0 Å². The fourth-order valence-corrected chi connectivity index (χ4v) is 2.46. The SMILES string of the molecule is C1COC(CCC2CCNCC2)C1. The Labute approximate surface area is 81.0 Å². The molecule has 2 aliphatic rings. The number of ether oxygens (including phenoxy) is 1. The van der Waals surface area contributed by atoms with Crippen molar-refractivity contribution in [3.8, 4) is 0 Å². The lowest BCUT2D eigenvalue weighted by atomic mass is 9.91. The zero-order valence-electron chi connectivity index (χ0n) is 8.43. The minimum Gasteiger partial charge on any atom is -0.378 e. The molecule has 2 aliphatic heterocycles. The van der Waals surface area contributed by atoms with E-state index in [1.807, 2.05) is 0 Å². The van der Waals surface area contributed by atoms with E-state index in [9.17, 15) is 0 Å². The first-order valence-corrected chi connectivity index (χ1v) is 5.77. The molecule has 0 amide bonds. The molecule has 2 rings (SSSR count). The Morgan fingerprint density at radius 3 is 2.62 bits per heavy atom. The van der Waals surface area contributed by atoms with E-state index in [1.165, 1.54) is 51.6 Å². The van der Waals surface area contributed by atoms with Crippen molar-refractivity contribution in [2.45, 2.75) is 44.6 Å². The first kappa shape index (κ1) is 9.47. The van der Waals surface area contributed by atoms with Crippen molar-refractivity contribution in [3.63, 3.8) is 0 Å². The van der Waals surface area contributed by atoms with E-state index in [-0.39, 0.29) is 0 Å². The van der Waals surface area contributed by atoms with Gasteiger partial charge in [-0.2, -0.15) is 0 Å². The summed E-state index contributed by atoms with van der Waals surface area (Å²) in [5.41, 5.74) is 0. The van der Waals surface area contributed by atoms with Crippen molar-refractivity contribution in [1.29, 1.82) is 0 Å². The van der Waals surface area contributed by atoms with E-state index in [0.717, 1.165) is 12.5 Å². The summed E-state index contributed by atoms with van der Waals surface area (Å²) >= 11 is 0. The van der Waals surface area contributed by atoms with Crippen LogP contribution in [-0.2, 0) is 4.74 Å². The molecule has 1 unspecified atom stereocenters. The standard InChI is InChI=1S/C11H21NO/c1-2-11(13-9-1)4-3-10-5-7-12-8-6-10/h10-12H,1-9H2. The maximum atomic E-state index is 5.63. The molecule has 0 saturated carbocycles.